The minimum absolute atomic E-state index is 0.0934. The van der Waals surface area contributed by atoms with E-state index in [1.54, 1.807) is 12.3 Å². The number of hydrogen-bond acceptors (Lipinski definition) is 9. The Bertz CT molecular complexity index is 927. The number of carbonyl (C=O) groups is 3. The fraction of sp³-hybridized carbons (Fsp3) is 0.708. The monoisotopic (exact) mass is 502 g/mol. The smallest absolute Gasteiger partial charge is 0.250 e. The lowest BCUT2D eigenvalue weighted by Gasteiger charge is -2.38. The molecule has 0 bridgehead atoms. The van der Waals surface area contributed by atoms with Crippen LogP contribution in [-0.2, 0) is 14.4 Å². The summed E-state index contributed by atoms with van der Waals surface area (Å²) in [5, 5.41) is 14.6. The molecule has 1 aromatic rings. The van der Waals surface area contributed by atoms with Crippen molar-refractivity contribution >= 4 is 30.0 Å². The number of hydrazine groups is 1. The molecular formula is C24H38N8O4. The van der Waals surface area contributed by atoms with E-state index in [4.69, 9.17) is 0 Å². The van der Waals surface area contributed by atoms with Crippen molar-refractivity contribution < 1.29 is 19.6 Å². The van der Waals surface area contributed by atoms with E-state index in [-0.39, 0.29) is 24.4 Å². The molecule has 1 aromatic heterocycles. The van der Waals surface area contributed by atoms with Crippen molar-refractivity contribution in [3.63, 3.8) is 0 Å². The predicted octanol–water partition coefficient (Wildman–Crippen LogP) is 0.705. The number of nitrogens with zero attached hydrogens (tertiary/aromatic N) is 6. The molecule has 1 aliphatic carbocycles. The van der Waals surface area contributed by atoms with Crippen LogP contribution in [0.1, 0.15) is 45.4 Å². The molecule has 4 rings (SSSR count). The highest BCUT2D eigenvalue weighted by molar-refractivity contribution is 5.97. The van der Waals surface area contributed by atoms with Gasteiger partial charge in [0.25, 0.3) is 0 Å². The van der Waals surface area contributed by atoms with Crippen LogP contribution >= 0.6 is 0 Å². The van der Waals surface area contributed by atoms with Crippen molar-refractivity contribution in [2.75, 3.05) is 50.0 Å². The Morgan fingerprint density at radius 3 is 2.81 bits per heavy atom. The van der Waals surface area contributed by atoms with Crippen LogP contribution in [0.15, 0.2) is 12.3 Å². The number of carbonyl (C=O) groups excluding carboxylic acids is 3. The first kappa shape index (κ1) is 26.2. The number of anilines is 2. The normalized spacial score (nSPS) is 24.1. The van der Waals surface area contributed by atoms with Gasteiger partial charge in [-0.3, -0.25) is 24.6 Å². The second kappa shape index (κ2) is 11.9. The van der Waals surface area contributed by atoms with E-state index < -0.39 is 12.0 Å². The summed E-state index contributed by atoms with van der Waals surface area (Å²) in [6.45, 7) is 5.12. The highest BCUT2D eigenvalue weighted by Crippen LogP contribution is 2.32. The maximum Gasteiger partial charge on any atom is 0.250 e. The van der Waals surface area contributed by atoms with Gasteiger partial charge in [-0.05, 0) is 38.8 Å². The zero-order valence-electron chi connectivity index (χ0n) is 21.2. The SMILES string of the molecule is C[C@@H]1CN(C)CCN1c1nccc(NC(=O)[C@@H]2CCNN2C(=O)[C@H](CC2CCCC2)CN(O)C=O)n1. The molecule has 12 nitrogen and oxygen atoms in total. The molecular weight excluding hydrogens is 464 g/mol. The molecule has 3 amide bonds. The van der Waals surface area contributed by atoms with Crippen LogP contribution in [0.3, 0.4) is 0 Å². The number of piperazine rings is 1. The summed E-state index contributed by atoms with van der Waals surface area (Å²) < 4.78 is 0. The van der Waals surface area contributed by atoms with Gasteiger partial charge in [0, 0.05) is 38.4 Å². The molecule has 0 aromatic carbocycles. The maximum absolute atomic E-state index is 13.5. The van der Waals surface area contributed by atoms with Crippen LogP contribution in [0, 0.1) is 11.8 Å². The van der Waals surface area contributed by atoms with Crippen molar-refractivity contribution in [3.05, 3.63) is 12.3 Å². The number of likely N-dealkylation sites (N-methyl/N-ethyl adjacent to an activating group) is 1. The highest BCUT2D eigenvalue weighted by atomic mass is 16.5. The van der Waals surface area contributed by atoms with E-state index in [1.165, 1.54) is 5.01 Å². The Morgan fingerprint density at radius 2 is 2.08 bits per heavy atom. The largest absolute Gasteiger partial charge is 0.335 e. The Hall–Kier alpha value is -2.83. The van der Waals surface area contributed by atoms with Crippen LogP contribution in [0.4, 0.5) is 11.8 Å². The van der Waals surface area contributed by atoms with Gasteiger partial charge < -0.3 is 15.1 Å². The average molecular weight is 503 g/mol. The van der Waals surface area contributed by atoms with Gasteiger partial charge in [-0.25, -0.2) is 15.5 Å². The summed E-state index contributed by atoms with van der Waals surface area (Å²) in [5.41, 5.74) is 3.03. The van der Waals surface area contributed by atoms with Crippen LogP contribution in [0.25, 0.3) is 0 Å². The Labute approximate surface area is 211 Å². The molecule has 0 radical (unpaired) electrons. The number of rotatable bonds is 9. The molecule has 198 valence electrons. The van der Waals surface area contributed by atoms with Gasteiger partial charge >= 0.3 is 0 Å². The third-order valence-electron chi connectivity index (χ3n) is 7.50. The van der Waals surface area contributed by atoms with E-state index in [0.717, 1.165) is 45.3 Å². The Kier molecular flexibility index (Phi) is 8.70. The number of aromatic nitrogens is 2. The van der Waals surface area contributed by atoms with Crippen molar-refractivity contribution in [3.8, 4) is 0 Å². The van der Waals surface area contributed by atoms with Crippen molar-refractivity contribution in [2.45, 2.75) is 57.5 Å². The molecule has 3 heterocycles. The Balaban J connectivity index is 1.42. The number of hydroxylamine groups is 2. The minimum Gasteiger partial charge on any atom is -0.335 e. The lowest BCUT2D eigenvalue weighted by atomic mass is 9.92. The predicted molar refractivity (Wildman–Crippen MR) is 133 cm³/mol. The second-order valence-electron chi connectivity index (χ2n) is 10.3. The fourth-order valence-corrected chi connectivity index (χ4v) is 5.61. The molecule has 0 spiro atoms. The van der Waals surface area contributed by atoms with Gasteiger partial charge in [0.2, 0.25) is 24.2 Å². The van der Waals surface area contributed by atoms with Gasteiger partial charge in [-0.1, -0.05) is 25.7 Å². The summed E-state index contributed by atoms with van der Waals surface area (Å²) in [7, 11) is 2.09. The third-order valence-corrected chi connectivity index (χ3v) is 7.50. The lowest BCUT2D eigenvalue weighted by Crippen LogP contribution is -2.52. The fourth-order valence-electron chi connectivity index (χ4n) is 5.61. The number of hydrogen-bond donors (Lipinski definition) is 3. The van der Waals surface area contributed by atoms with E-state index >= 15 is 0 Å². The van der Waals surface area contributed by atoms with E-state index in [1.807, 2.05) is 0 Å². The molecule has 2 saturated heterocycles. The highest BCUT2D eigenvalue weighted by Gasteiger charge is 2.39. The lowest BCUT2D eigenvalue weighted by molar-refractivity contribution is -0.159. The van der Waals surface area contributed by atoms with Crippen LogP contribution in [0.2, 0.25) is 0 Å². The van der Waals surface area contributed by atoms with E-state index in [2.05, 4.69) is 44.5 Å². The maximum atomic E-state index is 13.5. The molecule has 3 aliphatic rings. The molecule has 1 saturated carbocycles. The topological polar surface area (TPSA) is 134 Å². The molecule has 36 heavy (non-hydrogen) atoms. The van der Waals surface area contributed by atoms with Gasteiger partial charge in [-0.2, -0.15) is 4.98 Å². The third kappa shape index (κ3) is 6.29. The first-order valence-corrected chi connectivity index (χ1v) is 12.9. The molecule has 3 fully saturated rings. The molecule has 12 heteroatoms. The standard InChI is InChI=1S/C24H38N8O4/c1-17-14-29(2)11-12-31(17)24-25-9-8-21(28-24)27-22(34)20-7-10-26-32(20)23(35)19(15-30(36)16-33)13-18-5-3-4-6-18/h8-9,16-20,26,36H,3-7,10-15H2,1-2H3,(H,25,27,28,34)/t17-,19-,20+/m1/s1. The summed E-state index contributed by atoms with van der Waals surface area (Å²) in [4.78, 5) is 51.1. The molecule has 3 atom stereocenters. The van der Waals surface area contributed by atoms with Gasteiger partial charge in [0.05, 0.1) is 12.5 Å². The summed E-state index contributed by atoms with van der Waals surface area (Å²) in [5.74, 6) is 0.133. The zero-order chi connectivity index (χ0) is 25.7. The van der Waals surface area contributed by atoms with Crippen molar-refractivity contribution in [2.24, 2.45) is 11.8 Å². The van der Waals surface area contributed by atoms with Crippen LogP contribution in [-0.4, -0.2) is 100 Å². The first-order chi connectivity index (χ1) is 17.4. The van der Waals surface area contributed by atoms with E-state index in [0.29, 0.717) is 48.5 Å². The van der Waals surface area contributed by atoms with Crippen molar-refractivity contribution in [1.29, 1.82) is 0 Å². The Morgan fingerprint density at radius 1 is 1.31 bits per heavy atom. The molecule has 3 N–H and O–H groups in total. The first-order valence-electron chi connectivity index (χ1n) is 12.9. The van der Waals surface area contributed by atoms with Crippen LogP contribution in [0.5, 0.6) is 0 Å². The summed E-state index contributed by atoms with van der Waals surface area (Å²) >= 11 is 0. The van der Waals surface area contributed by atoms with E-state index in [9.17, 15) is 19.6 Å². The zero-order valence-corrected chi connectivity index (χ0v) is 21.2. The van der Waals surface area contributed by atoms with Gasteiger partial charge in [-0.15, -0.1) is 0 Å². The van der Waals surface area contributed by atoms with Crippen LogP contribution < -0.4 is 15.6 Å². The number of nitrogens with one attached hydrogen (secondary N) is 2. The van der Waals surface area contributed by atoms with Gasteiger partial charge in [0.1, 0.15) is 11.9 Å². The minimum atomic E-state index is -0.715. The molecule has 2 aliphatic heterocycles. The summed E-state index contributed by atoms with van der Waals surface area (Å²) in [6, 6.07) is 1.18. The quantitative estimate of drug-likeness (QED) is 0.253. The second-order valence-corrected chi connectivity index (χ2v) is 10.3. The van der Waals surface area contributed by atoms with Crippen molar-refractivity contribution in [1.82, 2.24) is 30.4 Å². The molecule has 0 unspecified atom stereocenters. The number of amides is 3. The van der Waals surface area contributed by atoms with Gasteiger partial charge in [0.15, 0.2) is 0 Å². The summed E-state index contributed by atoms with van der Waals surface area (Å²) in [6.07, 6.45) is 7.31. The average Bonchev–Trinajstić information content (AvgIpc) is 3.55.